The minimum absolute atomic E-state index is 0.0264. The summed E-state index contributed by atoms with van der Waals surface area (Å²) in [4.78, 5) is 20.4. The van der Waals surface area contributed by atoms with Gasteiger partial charge in [0.1, 0.15) is 23.8 Å². The summed E-state index contributed by atoms with van der Waals surface area (Å²) in [5, 5.41) is 25.7. The zero-order chi connectivity index (χ0) is 19.9. The van der Waals surface area contributed by atoms with Crippen molar-refractivity contribution < 1.29 is 23.7 Å². The first-order valence-electron chi connectivity index (χ1n) is 8.53. The lowest BCUT2D eigenvalue weighted by molar-refractivity contribution is -0.393. The molecule has 0 bridgehead atoms. The molecular weight excluding hydrogens is 372 g/mol. The van der Waals surface area contributed by atoms with Crippen molar-refractivity contribution in [2.75, 3.05) is 18.6 Å². The molecule has 28 heavy (non-hydrogen) atoms. The molecule has 11 nitrogen and oxygen atoms in total. The number of non-ortho nitro benzene ring substituents is 1. The van der Waals surface area contributed by atoms with Gasteiger partial charge in [0.2, 0.25) is 0 Å². The standard InChI is InChI=1S/C17H18N4O7/c22-20(23)12-3-6-16(17(8-12)21(24)25)19-18-9-13-4-5-15(28-13)11-26-10-14-2-1-7-27-14/h3-6,8-9,14,19H,1-2,7,10-11H2/b18-9+. The monoisotopic (exact) mass is 390 g/mol. The van der Waals surface area contributed by atoms with E-state index in [0.29, 0.717) is 24.7 Å². The Bertz CT molecular complexity index is 874. The van der Waals surface area contributed by atoms with E-state index in [1.165, 1.54) is 12.3 Å². The van der Waals surface area contributed by atoms with Crippen LogP contribution in [0.2, 0.25) is 0 Å². The molecule has 3 rings (SSSR count). The Morgan fingerprint density at radius 2 is 2.11 bits per heavy atom. The minimum Gasteiger partial charge on any atom is -0.458 e. The third-order valence-corrected chi connectivity index (χ3v) is 4.02. The van der Waals surface area contributed by atoms with E-state index in [1.807, 2.05) is 0 Å². The maximum Gasteiger partial charge on any atom is 0.301 e. The second-order valence-corrected chi connectivity index (χ2v) is 6.04. The predicted molar refractivity (Wildman–Crippen MR) is 98.3 cm³/mol. The molecule has 0 radical (unpaired) electrons. The van der Waals surface area contributed by atoms with E-state index in [4.69, 9.17) is 13.9 Å². The van der Waals surface area contributed by atoms with Gasteiger partial charge in [-0.25, -0.2) is 0 Å². The van der Waals surface area contributed by atoms with Crippen LogP contribution in [0.4, 0.5) is 17.1 Å². The van der Waals surface area contributed by atoms with Crippen LogP contribution < -0.4 is 5.43 Å². The fourth-order valence-electron chi connectivity index (χ4n) is 2.65. The van der Waals surface area contributed by atoms with Crippen LogP contribution in [0.3, 0.4) is 0 Å². The van der Waals surface area contributed by atoms with Gasteiger partial charge in [0.05, 0.1) is 34.8 Å². The Balaban J connectivity index is 1.55. The third kappa shape index (κ3) is 5.11. The molecule has 1 unspecified atom stereocenters. The fourth-order valence-corrected chi connectivity index (χ4v) is 2.65. The van der Waals surface area contributed by atoms with Crippen molar-refractivity contribution in [2.45, 2.75) is 25.6 Å². The van der Waals surface area contributed by atoms with Gasteiger partial charge in [0.25, 0.3) is 5.69 Å². The molecule has 1 saturated heterocycles. The summed E-state index contributed by atoms with van der Waals surface area (Å²) in [6, 6.07) is 6.67. The molecule has 148 valence electrons. The fraction of sp³-hybridized carbons (Fsp3) is 0.353. The molecular formula is C17H18N4O7. The molecule has 1 aliphatic rings. The van der Waals surface area contributed by atoms with E-state index in [9.17, 15) is 20.2 Å². The summed E-state index contributed by atoms with van der Waals surface area (Å²) >= 11 is 0. The highest BCUT2D eigenvalue weighted by Gasteiger charge is 2.19. The molecule has 1 aromatic carbocycles. The summed E-state index contributed by atoms with van der Waals surface area (Å²) in [6.07, 6.45) is 3.53. The zero-order valence-electron chi connectivity index (χ0n) is 14.8. The van der Waals surface area contributed by atoms with Crippen LogP contribution in [0.15, 0.2) is 39.9 Å². The highest BCUT2D eigenvalue weighted by Crippen LogP contribution is 2.28. The number of hydrogen-bond donors (Lipinski definition) is 1. The van der Waals surface area contributed by atoms with Crippen LogP contribution in [0.25, 0.3) is 0 Å². The van der Waals surface area contributed by atoms with Crippen molar-refractivity contribution in [3.8, 4) is 0 Å². The third-order valence-electron chi connectivity index (χ3n) is 4.02. The lowest BCUT2D eigenvalue weighted by atomic mass is 10.2. The molecule has 11 heteroatoms. The van der Waals surface area contributed by atoms with Crippen molar-refractivity contribution >= 4 is 23.3 Å². The van der Waals surface area contributed by atoms with E-state index >= 15 is 0 Å². The van der Waals surface area contributed by atoms with Gasteiger partial charge in [-0.05, 0) is 31.0 Å². The summed E-state index contributed by atoms with van der Waals surface area (Å²) in [5.41, 5.74) is 1.70. The first-order chi connectivity index (χ1) is 13.5. The van der Waals surface area contributed by atoms with Crippen molar-refractivity contribution in [1.82, 2.24) is 0 Å². The van der Waals surface area contributed by atoms with Crippen LogP contribution in [0.1, 0.15) is 24.4 Å². The van der Waals surface area contributed by atoms with Gasteiger partial charge in [-0.15, -0.1) is 0 Å². The van der Waals surface area contributed by atoms with Gasteiger partial charge >= 0.3 is 5.69 Å². The Morgan fingerprint density at radius 1 is 1.25 bits per heavy atom. The van der Waals surface area contributed by atoms with E-state index in [2.05, 4.69) is 10.5 Å². The average molecular weight is 390 g/mol. The number of hydrazone groups is 1. The highest BCUT2D eigenvalue weighted by atomic mass is 16.6. The zero-order valence-corrected chi connectivity index (χ0v) is 14.8. The number of nitro groups is 2. The number of rotatable bonds is 9. The highest BCUT2D eigenvalue weighted by molar-refractivity contribution is 5.77. The Kier molecular flexibility index (Phi) is 6.29. The van der Waals surface area contributed by atoms with Crippen LogP contribution in [0, 0.1) is 20.2 Å². The lowest BCUT2D eigenvalue weighted by Crippen LogP contribution is -2.13. The first-order valence-corrected chi connectivity index (χ1v) is 8.53. The molecule has 2 heterocycles. The number of benzene rings is 1. The van der Waals surface area contributed by atoms with Gasteiger partial charge in [-0.1, -0.05) is 0 Å². The predicted octanol–water partition coefficient (Wildman–Crippen LogP) is 3.24. The summed E-state index contributed by atoms with van der Waals surface area (Å²) in [6.45, 7) is 1.58. The largest absolute Gasteiger partial charge is 0.458 e. The number of nitrogens with one attached hydrogen (secondary N) is 1. The van der Waals surface area contributed by atoms with Gasteiger partial charge in [-0.2, -0.15) is 5.10 Å². The molecule has 0 spiro atoms. The van der Waals surface area contributed by atoms with E-state index in [1.54, 1.807) is 12.1 Å². The molecule has 1 atom stereocenters. The smallest absolute Gasteiger partial charge is 0.301 e. The molecule has 0 amide bonds. The molecule has 1 aromatic heterocycles. The SMILES string of the molecule is O=[N+]([O-])c1ccc(N/N=C/c2ccc(COCC3CCCO3)o2)c([N+](=O)[O-])c1. The molecule has 1 N–H and O–H groups in total. The van der Waals surface area contributed by atoms with Crippen molar-refractivity contribution in [3.05, 3.63) is 62.1 Å². The Labute approximate surface area is 159 Å². The molecule has 0 saturated carbocycles. The van der Waals surface area contributed by atoms with E-state index < -0.39 is 15.5 Å². The summed E-state index contributed by atoms with van der Waals surface area (Å²) in [7, 11) is 0. The quantitative estimate of drug-likeness (QED) is 0.390. The number of anilines is 1. The van der Waals surface area contributed by atoms with E-state index in [0.717, 1.165) is 31.6 Å². The van der Waals surface area contributed by atoms with Gasteiger partial charge in [0.15, 0.2) is 0 Å². The molecule has 0 aliphatic carbocycles. The average Bonchev–Trinajstić information content (AvgIpc) is 3.34. The number of furan rings is 1. The van der Waals surface area contributed by atoms with E-state index in [-0.39, 0.29) is 17.5 Å². The van der Waals surface area contributed by atoms with Crippen molar-refractivity contribution in [3.63, 3.8) is 0 Å². The molecule has 1 fully saturated rings. The Hall–Kier alpha value is -3.31. The van der Waals surface area contributed by atoms with Gasteiger partial charge in [-0.3, -0.25) is 25.7 Å². The van der Waals surface area contributed by atoms with Crippen molar-refractivity contribution in [2.24, 2.45) is 5.10 Å². The molecule has 1 aliphatic heterocycles. The normalized spacial score (nSPS) is 16.5. The van der Waals surface area contributed by atoms with Crippen LogP contribution in [0.5, 0.6) is 0 Å². The maximum atomic E-state index is 11.1. The second kappa shape index (κ2) is 9.06. The minimum atomic E-state index is -0.721. The van der Waals surface area contributed by atoms with Crippen LogP contribution in [-0.2, 0) is 16.1 Å². The van der Waals surface area contributed by atoms with Crippen molar-refractivity contribution in [1.29, 1.82) is 0 Å². The van der Waals surface area contributed by atoms with Crippen LogP contribution >= 0.6 is 0 Å². The summed E-state index contributed by atoms with van der Waals surface area (Å²) in [5.74, 6) is 1.04. The van der Waals surface area contributed by atoms with Gasteiger partial charge in [0, 0.05) is 12.7 Å². The number of nitrogens with zero attached hydrogens (tertiary/aromatic N) is 3. The van der Waals surface area contributed by atoms with Gasteiger partial charge < -0.3 is 13.9 Å². The second-order valence-electron chi connectivity index (χ2n) is 6.04. The molecule has 2 aromatic rings. The topological polar surface area (TPSA) is 142 Å². The number of ether oxygens (including phenoxy) is 2. The number of hydrogen-bond acceptors (Lipinski definition) is 9. The first kappa shape index (κ1) is 19.5. The lowest BCUT2D eigenvalue weighted by Gasteiger charge is -2.08. The Morgan fingerprint density at radius 3 is 2.82 bits per heavy atom. The van der Waals surface area contributed by atoms with Crippen LogP contribution in [-0.4, -0.2) is 35.4 Å². The number of nitro benzene ring substituents is 2. The summed E-state index contributed by atoms with van der Waals surface area (Å²) < 4.78 is 16.6. The maximum absolute atomic E-state index is 11.1.